The molecule has 0 unspecified atom stereocenters. The molecule has 0 radical (unpaired) electrons. The van der Waals surface area contributed by atoms with Crippen LogP contribution in [0.1, 0.15) is 15.9 Å². The number of morpholine rings is 1. The van der Waals surface area contributed by atoms with Crippen LogP contribution in [-0.2, 0) is 11.3 Å². The SMILES string of the molecule is C=CCN(Cc1ccccc1)C(=O)Nc1ccccc1C(=O)N1CCOCC1. The van der Waals surface area contributed by atoms with Gasteiger partial charge in [-0.3, -0.25) is 4.79 Å². The van der Waals surface area contributed by atoms with E-state index in [9.17, 15) is 9.59 Å². The van der Waals surface area contributed by atoms with Gasteiger partial charge in [0.1, 0.15) is 0 Å². The summed E-state index contributed by atoms with van der Waals surface area (Å²) in [7, 11) is 0. The van der Waals surface area contributed by atoms with Gasteiger partial charge in [0.2, 0.25) is 0 Å². The van der Waals surface area contributed by atoms with Gasteiger partial charge in [-0.25, -0.2) is 4.79 Å². The van der Waals surface area contributed by atoms with Crippen molar-refractivity contribution in [2.24, 2.45) is 0 Å². The van der Waals surface area contributed by atoms with Gasteiger partial charge in [0.25, 0.3) is 5.91 Å². The molecule has 0 aliphatic carbocycles. The van der Waals surface area contributed by atoms with E-state index in [1.807, 2.05) is 30.3 Å². The van der Waals surface area contributed by atoms with Crippen LogP contribution in [-0.4, -0.2) is 54.6 Å². The second-order valence-electron chi connectivity index (χ2n) is 6.54. The predicted molar refractivity (Wildman–Crippen MR) is 109 cm³/mol. The summed E-state index contributed by atoms with van der Waals surface area (Å²) >= 11 is 0. The Bertz CT molecular complexity index is 817. The van der Waals surface area contributed by atoms with Crippen molar-refractivity contribution in [1.29, 1.82) is 0 Å². The molecule has 2 aromatic carbocycles. The van der Waals surface area contributed by atoms with E-state index >= 15 is 0 Å². The molecule has 1 heterocycles. The molecule has 1 aliphatic rings. The second kappa shape index (κ2) is 9.71. The van der Waals surface area contributed by atoms with Gasteiger partial charge in [0.05, 0.1) is 24.5 Å². The van der Waals surface area contributed by atoms with Crippen molar-refractivity contribution in [2.45, 2.75) is 6.54 Å². The van der Waals surface area contributed by atoms with Crippen LogP contribution in [0.4, 0.5) is 10.5 Å². The number of carbonyl (C=O) groups excluding carboxylic acids is 2. The fourth-order valence-electron chi connectivity index (χ4n) is 3.09. The summed E-state index contributed by atoms with van der Waals surface area (Å²) in [5, 5.41) is 2.90. The molecule has 0 atom stereocenters. The molecular formula is C22H25N3O3. The van der Waals surface area contributed by atoms with Crippen molar-refractivity contribution in [3.63, 3.8) is 0 Å². The Morgan fingerprint density at radius 1 is 1.07 bits per heavy atom. The maximum absolute atomic E-state index is 12.9. The molecule has 1 saturated heterocycles. The fraction of sp³-hybridized carbons (Fsp3) is 0.273. The van der Waals surface area contributed by atoms with Crippen LogP contribution in [0.25, 0.3) is 0 Å². The van der Waals surface area contributed by atoms with Gasteiger partial charge >= 0.3 is 6.03 Å². The molecule has 1 N–H and O–H groups in total. The lowest BCUT2D eigenvalue weighted by Gasteiger charge is -2.28. The highest BCUT2D eigenvalue weighted by molar-refractivity contribution is 6.03. The maximum atomic E-state index is 12.9. The highest BCUT2D eigenvalue weighted by Crippen LogP contribution is 2.19. The number of anilines is 1. The predicted octanol–water partition coefficient (Wildman–Crippen LogP) is 3.38. The van der Waals surface area contributed by atoms with Gasteiger partial charge < -0.3 is 19.9 Å². The number of nitrogens with one attached hydrogen (secondary N) is 1. The lowest BCUT2D eigenvalue weighted by atomic mass is 10.1. The molecule has 3 amide bonds. The van der Waals surface area contributed by atoms with Gasteiger partial charge in [-0.15, -0.1) is 6.58 Å². The quantitative estimate of drug-likeness (QED) is 0.783. The van der Waals surface area contributed by atoms with Crippen molar-refractivity contribution in [3.05, 3.63) is 78.4 Å². The minimum absolute atomic E-state index is 0.0995. The van der Waals surface area contributed by atoms with Crippen LogP contribution >= 0.6 is 0 Å². The molecule has 0 aromatic heterocycles. The fourth-order valence-corrected chi connectivity index (χ4v) is 3.09. The van der Waals surface area contributed by atoms with E-state index in [0.717, 1.165) is 5.56 Å². The monoisotopic (exact) mass is 379 g/mol. The van der Waals surface area contributed by atoms with Crippen LogP contribution in [0.5, 0.6) is 0 Å². The number of benzene rings is 2. The van der Waals surface area contributed by atoms with E-state index in [-0.39, 0.29) is 11.9 Å². The first-order chi connectivity index (χ1) is 13.7. The number of hydrogen-bond acceptors (Lipinski definition) is 3. The lowest BCUT2D eigenvalue weighted by Crippen LogP contribution is -2.41. The van der Waals surface area contributed by atoms with E-state index in [1.54, 1.807) is 40.1 Å². The molecule has 0 bridgehead atoms. The third-order valence-electron chi connectivity index (χ3n) is 4.55. The summed E-state index contributed by atoms with van der Waals surface area (Å²) in [5.74, 6) is -0.0995. The summed E-state index contributed by atoms with van der Waals surface area (Å²) in [6.07, 6.45) is 1.69. The zero-order valence-corrected chi connectivity index (χ0v) is 15.8. The Labute approximate surface area is 165 Å². The van der Waals surface area contributed by atoms with E-state index in [2.05, 4.69) is 11.9 Å². The topological polar surface area (TPSA) is 61.9 Å². The molecule has 6 nitrogen and oxygen atoms in total. The average molecular weight is 379 g/mol. The summed E-state index contributed by atoms with van der Waals surface area (Å²) < 4.78 is 5.32. The lowest BCUT2D eigenvalue weighted by molar-refractivity contribution is 0.0303. The Hall–Kier alpha value is -3.12. The smallest absolute Gasteiger partial charge is 0.322 e. The number of rotatable bonds is 6. The number of ether oxygens (including phenoxy) is 1. The van der Waals surface area contributed by atoms with Crippen LogP contribution in [0, 0.1) is 0 Å². The molecule has 3 rings (SSSR count). The average Bonchev–Trinajstić information content (AvgIpc) is 2.74. The van der Waals surface area contributed by atoms with Crippen molar-refractivity contribution < 1.29 is 14.3 Å². The Balaban J connectivity index is 1.75. The van der Waals surface area contributed by atoms with Crippen molar-refractivity contribution in [2.75, 3.05) is 38.2 Å². The number of amides is 3. The normalized spacial score (nSPS) is 13.6. The number of nitrogens with zero attached hydrogens (tertiary/aromatic N) is 2. The first-order valence-corrected chi connectivity index (χ1v) is 9.36. The van der Waals surface area contributed by atoms with Gasteiger partial charge in [-0.1, -0.05) is 48.5 Å². The minimum Gasteiger partial charge on any atom is -0.378 e. The number of carbonyl (C=O) groups is 2. The van der Waals surface area contributed by atoms with Crippen LogP contribution in [0.2, 0.25) is 0 Å². The highest BCUT2D eigenvalue weighted by atomic mass is 16.5. The van der Waals surface area contributed by atoms with E-state index < -0.39 is 0 Å². The molecule has 1 aliphatic heterocycles. The third-order valence-corrected chi connectivity index (χ3v) is 4.55. The number of urea groups is 1. The molecule has 2 aromatic rings. The highest BCUT2D eigenvalue weighted by Gasteiger charge is 2.22. The Kier molecular flexibility index (Phi) is 6.81. The number of hydrogen-bond donors (Lipinski definition) is 1. The van der Waals surface area contributed by atoms with Crippen molar-refractivity contribution in [1.82, 2.24) is 9.80 Å². The first kappa shape index (κ1) is 19.6. The van der Waals surface area contributed by atoms with Crippen LogP contribution in [0.3, 0.4) is 0 Å². The van der Waals surface area contributed by atoms with E-state index in [1.165, 1.54) is 0 Å². The molecule has 0 saturated carbocycles. The standard InChI is InChI=1S/C22H25N3O3/c1-2-12-25(17-18-8-4-3-5-9-18)22(27)23-20-11-7-6-10-19(20)21(26)24-13-15-28-16-14-24/h2-11H,1,12-17H2,(H,23,27). The molecule has 0 spiro atoms. The van der Waals surface area contributed by atoms with Gasteiger partial charge in [-0.2, -0.15) is 0 Å². The number of para-hydroxylation sites is 1. The van der Waals surface area contributed by atoms with E-state index in [4.69, 9.17) is 4.74 Å². The molecular weight excluding hydrogens is 354 g/mol. The first-order valence-electron chi connectivity index (χ1n) is 9.36. The van der Waals surface area contributed by atoms with Gasteiger partial charge in [-0.05, 0) is 17.7 Å². The van der Waals surface area contributed by atoms with Gasteiger partial charge in [0.15, 0.2) is 0 Å². The Morgan fingerprint density at radius 2 is 1.75 bits per heavy atom. The summed E-state index contributed by atoms with van der Waals surface area (Å²) in [6, 6.07) is 16.6. The van der Waals surface area contributed by atoms with Crippen LogP contribution < -0.4 is 5.32 Å². The minimum atomic E-state index is -0.272. The van der Waals surface area contributed by atoms with E-state index in [0.29, 0.717) is 50.6 Å². The molecule has 1 fully saturated rings. The summed E-state index contributed by atoms with van der Waals surface area (Å²) in [5.41, 5.74) is 2.01. The molecule has 146 valence electrons. The van der Waals surface area contributed by atoms with Crippen molar-refractivity contribution in [3.8, 4) is 0 Å². The third kappa shape index (κ3) is 4.98. The van der Waals surface area contributed by atoms with Crippen LogP contribution in [0.15, 0.2) is 67.3 Å². The maximum Gasteiger partial charge on any atom is 0.322 e. The molecule has 28 heavy (non-hydrogen) atoms. The van der Waals surface area contributed by atoms with Crippen molar-refractivity contribution >= 4 is 17.6 Å². The van der Waals surface area contributed by atoms with Gasteiger partial charge in [0, 0.05) is 26.2 Å². The molecule has 6 heteroatoms. The Morgan fingerprint density at radius 3 is 2.46 bits per heavy atom. The summed E-state index contributed by atoms with van der Waals surface area (Å²) in [6.45, 7) is 6.77. The zero-order valence-electron chi connectivity index (χ0n) is 15.8. The largest absolute Gasteiger partial charge is 0.378 e. The zero-order chi connectivity index (χ0) is 19.8. The second-order valence-corrected chi connectivity index (χ2v) is 6.54. The summed E-state index contributed by atoms with van der Waals surface area (Å²) in [4.78, 5) is 29.2.